The van der Waals surface area contributed by atoms with E-state index < -0.39 is 11.1 Å². The van der Waals surface area contributed by atoms with Gasteiger partial charge in [-0.3, -0.25) is 9.78 Å². The number of hydrogen-bond donors (Lipinski definition) is 0. The largest absolute Gasteiger partial charge is 0.291 e. The van der Waals surface area contributed by atoms with Crippen molar-refractivity contribution >= 4 is 5.78 Å². The molecule has 3 aliphatic rings. The first kappa shape index (κ1) is 16.1. The SMILES string of the molecule is O=C(c1ccccn1)C12C=CC(F)(CC1c1ccccc1)c1ccccc12. The maximum Gasteiger partial charge on any atom is 0.196 e. The summed E-state index contributed by atoms with van der Waals surface area (Å²) in [5, 5.41) is 0. The number of fused-ring (bicyclic) bond motifs is 1. The molecule has 2 aromatic carbocycles. The molecular weight excluding hydrogens is 337 g/mol. The monoisotopic (exact) mass is 355 g/mol. The van der Waals surface area contributed by atoms with Crippen LogP contribution in [0, 0.1) is 0 Å². The molecule has 0 saturated heterocycles. The lowest BCUT2D eigenvalue weighted by Gasteiger charge is -2.51. The van der Waals surface area contributed by atoms with Gasteiger partial charge >= 0.3 is 0 Å². The van der Waals surface area contributed by atoms with E-state index in [0.29, 0.717) is 11.3 Å². The number of allylic oxidation sites excluding steroid dienone is 2. The van der Waals surface area contributed by atoms with Crippen molar-refractivity contribution < 1.29 is 9.18 Å². The molecule has 2 nitrogen and oxygen atoms in total. The van der Waals surface area contributed by atoms with Gasteiger partial charge in [-0.2, -0.15) is 0 Å². The highest BCUT2D eigenvalue weighted by atomic mass is 19.1. The lowest BCUT2D eigenvalue weighted by molar-refractivity contribution is 0.0785. The molecule has 132 valence electrons. The number of Topliss-reactive ketones (excluding diaryl/α,β-unsaturated/α-hetero) is 1. The number of hydrogen-bond acceptors (Lipinski definition) is 2. The second-order valence-electron chi connectivity index (χ2n) is 7.32. The highest BCUT2D eigenvalue weighted by Gasteiger charge is 2.59. The molecule has 3 unspecified atom stereocenters. The standard InChI is InChI=1S/C24H18FNO/c25-23-13-14-24(19-11-5-4-10-18(19)23,22(27)21-12-6-7-15-26-21)20(16-23)17-8-2-1-3-9-17/h1-15,20H,16H2. The summed E-state index contributed by atoms with van der Waals surface area (Å²) in [4.78, 5) is 18.1. The van der Waals surface area contributed by atoms with Crippen LogP contribution in [0.5, 0.6) is 0 Å². The summed E-state index contributed by atoms with van der Waals surface area (Å²) >= 11 is 0. The van der Waals surface area contributed by atoms with E-state index in [1.165, 1.54) is 0 Å². The number of aromatic nitrogens is 1. The molecule has 0 amide bonds. The van der Waals surface area contributed by atoms with Gasteiger partial charge in [0.05, 0.1) is 5.41 Å². The van der Waals surface area contributed by atoms with E-state index in [1.807, 2.05) is 54.6 Å². The third kappa shape index (κ3) is 2.18. The summed E-state index contributed by atoms with van der Waals surface area (Å²) in [7, 11) is 0. The van der Waals surface area contributed by atoms with Crippen molar-refractivity contribution in [3.63, 3.8) is 0 Å². The highest BCUT2D eigenvalue weighted by Crippen LogP contribution is 2.60. The Morgan fingerprint density at radius 1 is 0.889 bits per heavy atom. The number of nitrogens with zero attached hydrogens (tertiary/aromatic N) is 1. The van der Waals surface area contributed by atoms with E-state index in [9.17, 15) is 4.79 Å². The summed E-state index contributed by atoms with van der Waals surface area (Å²) in [5.41, 5.74) is 0.243. The fourth-order valence-electron chi connectivity index (χ4n) is 4.72. The summed E-state index contributed by atoms with van der Waals surface area (Å²) in [6.07, 6.45) is 5.24. The van der Waals surface area contributed by atoms with E-state index >= 15 is 4.39 Å². The second-order valence-corrected chi connectivity index (χ2v) is 7.32. The summed E-state index contributed by atoms with van der Waals surface area (Å²) in [6, 6.07) is 22.6. The Hall–Kier alpha value is -3.07. The Morgan fingerprint density at radius 3 is 2.33 bits per heavy atom. The van der Waals surface area contributed by atoms with Crippen LogP contribution in [-0.4, -0.2) is 10.8 Å². The smallest absolute Gasteiger partial charge is 0.196 e. The molecule has 0 radical (unpaired) electrons. The molecule has 6 rings (SSSR count). The summed E-state index contributed by atoms with van der Waals surface area (Å²) < 4.78 is 15.9. The minimum atomic E-state index is -1.55. The van der Waals surface area contributed by atoms with Gasteiger partial charge in [-0.05, 0) is 41.3 Å². The van der Waals surface area contributed by atoms with E-state index in [1.54, 1.807) is 36.5 Å². The molecule has 1 heterocycles. The van der Waals surface area contributed by atoms with Gasteiger partial charge in [-0.25, -0.2) is 4.39 Å². The first-order valence-corrected chi connectivity index (χ1v) is 9.15. The van der Waals surface area contributed by atoms with Crippen molar-refractivity contribution in [2.45, 2.75) is 23.4 Å². The van der Waals surface area contributed by atoms with Crippen LogP contribution < -0.4 is 0 Å². The van der Waals surface area contributed by atoms with Crippen LogP contribution in [0.4, 0.5) is 4.39 Å². The first-order valence-electron chi connectivity index (χ1n) is 9.15. The fraction of sp³-hybridized carbons (Fsp3) is 0.167. The predicted molar refractivity (Wildman–Crippen MR) is 102 cm³/mol. The number of alkyl halides is 1. The average Bonchev–Trinajstić information content (AvgIpc) is 2.75. The van der Waals surface area contributed by atoms with Crippen LogP contribution in [0.3, 0.4) is 0 Å². The Bertz CT molecular complexity index is 1050. The molecule has 3 aromatic rings. The third-order valence-electron chi connectivity index (χ3n) is 5.96. The molecule has 0 fully saturated rings. The molecule has 3 aliphatic carbocycles. The Kier molecular flexibility index (Phi) is 3.41. The van der Waals surface area contributed by atoms with E-state index in [-0.39, 0.29) is 18.1 Å². The van der Waals surface area contributed by atoms with Crippen LogP contribution in [0.1, 0.15) is 39.5 Å². The van der Waals surface area contributed by atoms with Crippen molar-refractivity contribution in [3.05, 3.63) is 114 Å². The van der Waals surface area contributed by atoms with Gasteiger partial charge in [0.25, 0.3) is 0 Å². The zero-order valence-corrected chi connectivity index (χ0v) is 14.7. The van der Waals surface area contributed by atoms with E-state index in [2.05, 4.69) is 4.98 Å². The van der Waals surface area contributed by atoms with Gasteiger partial charge in [0, 0.05) is 12.1 Å². The number of carbonyl (C=O) groups excluding carboxylic acids is 1. The van der Waals surface area contributed by atoms with Crippen LogP contribution in [0.25, 0.3) is 0 Å². The van der Waals surface area contributed by atoms with Gasteiger partial charge < -0.3 is 0 Å². The minimum absolute atomic E-state index is 0.0811. The Morgan fingerprint density at radius 2 is 1.59 bits per heavy atom. The molecule has 0 aliphatic heterocycles. The number of carbonyl (C=O) groups is 1. The number of rotatable bonds is 3. The lowest BCUT2D eigenvalue weighted by Crippen LogP contribution is -2.51. The second kappa shape index (κ2) is 5.71. The summed E-state index contributed by atoms with van der Waals surface area (Å²) in [6.45, 7) is 0. The Balaban J connectivity index is 1.80. The maximum absolute atomic E-state index is 15.9. The predicted octanol–water partition coefficient (Wildman–Crippen LogP) is 5.12. The van der Waals surface area contributed by atoms with Gasteiger partial charge in [0.15, 0.2) is 11.5 Å². The number of pyridine rings is 1. The zero-order valence-electron chi connectivity index (χ0n) is 14.7. The van der Waals surface area contributed by atoms with Crippen LogP contribution in [0.15, 0.2) is 91.1 Å². The highest BCUT2D eigenvalue weighted by molar-refractivity contribution is 6.06. The molecule has 2 bridgehead atoms. The van der Waals surface area contributed by atoms with Crippen LogP contribution in [0.2, 0.25) is 0 Å². The minimum Gasteiger partial charge on any atom is -0.291 e. The molecule has 0 saturated carbocycles. The number of halogens is 1. The molecule has 27 heavy (non-hydrogen) atoms. The van der Waals surface area contributed by atoms with E-state index in [0.717, 1.165) is 11.1 Å². The van der Waals surface area contributed by atoms with Crippen molar-refractivity contribution in [2.75, 3.05) is 0 Å². The normalized spacial score (nSPS) is 28.0. The fourth-order valence-corrected chi connectivity index (χ4v) is 4.72. The van der Waals surface area contributed by atoms with E-state index in [4.69, 9.17) is 0 Å². The van der Waals surface area contributed by atoms with Crippen molar-refractivity contribution in [3.8, 4) is 0 Å². The van der Waals surface area contributed by atoms with Gasteiger partial charge in [0.1, 0.15) is 5.69 Å². The molecular formula is C24H18FNO. The molecule has 3 heteroatoms. The average molecular weight is 355 g/mol. The number of ketones is 1. The van der Waals surface area contributed by atoms with Crippen LogP contribution in [-0.2, 0) is 11.1 Å². The first-order chi connectivity index (χ1) is 13.2. The Labute approximate surface area is 157 Å². The van der Waals surface area contributed by atoms with Gasteiger partial charge in [0.2, 0.25) is 0 Å². The topological polar surface area (TPSA) is 30.0 Å². The number of benzene rings is 2. The maximum atomic E-state index is 15.9. The molecule has 1 aromatic heterocycles. The molecule has 3 atom stereocenters. The van der Waals surface area contributed by atoms with Crippen LogP contribution >= 0.6 is 0 Å². The van der Waals surface area contributed by atoms with Crippen molar-refractivity contribution in [1.29, 1.82) is 0 Å². The van der Waals surface area contributed by atoms with Crippen molar-refractivity contribution in [2.24, 2.45) is 0 Å². The van der Waals surface area contributed by atoms with Gasteiger partial charge in [-0.15, -0.1) is 0 Å². The van der Waals surface area contributed by atoms with Crippen molar-refractivity contribution in [1.82, 2.24) is 4.98 Å². The molecule has 0 N–H and O–H groups in total. The third-order valence-corrected chi connectivity index (χ3v) is 5.96. The summed E-state index contributed by atoms with van der Waals surface area (Å²) in [5.74, 6) is -0.361. The zero-order chi connectivity index (χ0) is 18.5. The molecule has 0 spiro atoms. The van der Waals surface area contributed by atoms with Gasteiger partial charge in [-0.1, -0.05) is 66.7 Å². The lowest BCUT2D eigenvalue weighted by atomic mass is 9.52. The quantitative estimate of drug-likeness (QED) is 0.482.